The summed E-state index contributed by atoms with van der Waals surface area (Å²) in [4.78, 5) is 32.6. The van der Waals surface area contributed by atoms with E-state index in [1.807, 2.05) is 30.3 Å². The SMILES string of the molecule is N[C@@H](Cc1ccccc1)C(=O)OOC(=O)C1CCNCC1. The molecule has 0 aliphatic carbocycles. The van der Waals surface area contributed by atoms with Gasteiger partial charge < -0.3 is 11.1 Å². The number of nitrogens with two attached hydrogens (primary N) is 1. The normalized spacial score (nSPS) is 17.0. The molecule has 1 aromatic rings. The van der Waals surface area contributed by atoms with E-state index >= 15 is 0 Å². The Labute approximate surface area is 123 Å². The van der Waals surface area contributed by atoms with Gasteiger partial charge in [0.2, 0.25) is 0 Å². The summed E-state index contributed by atoms with van der Waals surface area (Å²) in [5, 5.41) is 3.14. The highest BCUT2D eigenvalue weighted by Crippen LogP contribution is 2.13. The molecule has 1 aliphatic rings. The minimum atomic E-state index is -0.853. The van der Waals surface area contributed by atoms with Crippen LogP contribution in [0.2, 0.25) is 0 Å². The molecule has 1 saturated heterocycles. The summed E-state index contributed by atoms with van der Waals surface area (Å²) in [6, 6.07) is 8.50. The quantitative estimate of drug-likeness (QED) is 0.622. The second kappa shape index (κ2) is 7.75. The molecule has 0 spiro atoms. The first-order valence-corrected chi connectivity index (χ1v) is 7.09. The third-order valence-corrected chi connectivity index (χ3v) is 3.48. The molecule has 1 aromatic carbocycles. The predicted octanol–water partition coefficient (Wildman–Crippen LogP) is 0.557. The molecule has 0 saturated carbocycles. The van der Waals surface area contributed by atoms with E-state index in [9.17, 15) is 9.59 Å². The summed E-state index contributed by atoms with van der Waals surface area (Å²) in [7, 11) is 0. The van der Waals surface area contributed by atoms with Crippen molar-refractivity contribution in [1.29, 1.82) is 0 Å². The zero-order valence-corrected chi connectivity index (χ0v) is 11.8. The van der Waals surface area contributed by atoms with E-state index in [0.29, 0.717) is 19.3 Å². The molecule has 1 aliphatic heterocycles. The number of benzene rings is 1. The highest BCUT2D eigenvalue weighted by molar-refractivity contribution is 5.77. The average Bonchev–Trinajstić information content (AvgIpc) is 2.54. The molecule has 0 amide bonds. The molecule has 2 rings (SSSR count). The van der Waals surface area contributed by atoms with Gasteiger partial charge in [0.1, 0.15) is 6.04 Å². The van der Waals surface area contributed by atoms with Gasteiger partial charge in [0, 0.05) is 0 Å². The monoisotopic (exact) mass is 292 g/mol. The zero-order valence-electron chi connectivity index (χ0n) is 11.8. The smallest absolute Gasteiger partial charge is 0.318 e. The molecule has 0 bridgehead atoms. The summed E-state index contributed by atoms with van der Waals surface area (Å²) in [5.41, 5.74) is 6.66. The first-order chi connectivity index (χ1) is 10.2. The van der Waals surface area contributed by atoms with Crippen LogP contribution in [0.3, 0.4) is 0 Å². The molecule has 1 fully saturated rings. The first kappa shape index (κ1) is 15.5. The molecule has 6 nitrogen and oxygen atoms in total. The van der Waals surface area contributed by atoms with Crippen molar-refractivity contribution in [3.8, 4) is 0 Å². The number of rotatable bonds is 4. The number of hydrogen-bond donors (Lipinski definition) is 2. The maximum atomic E-state index is 11.7. The van der Waals surface area contributed by atoms with Crippen LogP contribution in [0.5, 0.6) is 0 Å². The Balaban J connectivity index is 1.74. The number of hydrogen-bond acceptors (Lipinski definition) is 6. The number of piperidine rings is 1. The zero-order chi connectivity index (χ0) is 15.1. The van der Waals surface area contributed by atoms with Crippen LogP contribution >= 0.6 is 0 Å². The highest BCUT2D eigenvalue weighted by atomic mass is 17.2. The lowest BCUT2D eigenvalue weighted by atomic mass is 9.99. The fraction of sp³-hybridized carbons (Fsp3) is 0.467. The van der Waals surface area contributed by atoms with Crippen LogP contribution in [0.4, 0.5) is 0 Å². The second-order valence-electron chi connectivity index (χ2n) is 5.13. The Kier molecular flexibility index (Phi) is 5.71. The van der Waals surface area contributed by atoms with Crippen molar-refractivity contribution in [3.05, 3.63) is 35.9 Å². The van der Waals surface area contributed by atoms with Crippen LogP contribution in [-0.4, -0.2) is 31.1 Å². The topological polar surface area (TPSA) is 90.7 Å². The summed E-state index contributed by atoms with van der Waals surface area (Å²) in [6.45, 7) is 1.53. The van der Waals surface area contributed by atoms with Gasteiger partial charge in [0.25, 0.3) is 0 Å². The van der Waals surface area contributed by atoms with Crippen LogP contribution in [0.25, 0.3) is 0 Å². The van der Waals surface area contributed by atoms with E-state index in [0.717, 1.165) is 18.7 Å². The van der Waals surface area contributed by atoms with Gasteiger partial charge >= 0.3 is 11.9 Å². The Morgan fingerprint density at radius 2 is 1.86 bits per heavy atom. The van der Waals surface area contributed by atoms with Crippen molar-refractivity contribution < 1.29 is 19.4 Å². The van der Waals surface area contributed by atoms with Gasteiger partial charge in [-0.15, -0.1) is 0 Å². The summed E-state index contributed by atoms with van der Waals surface area (Å²) < 4.78 is 0. The van der Waals surface area contributed by atoms with Crippen LogP contribution in [-0.2, 0) is 25.8 Å². The molecule has 21 heavy (non-hydrogen) atoms. The van der Waals surface area contributed by atoms with Gasteiger partial charge in [-0.2, -0.15) is 0 Å². The number of carbonyl (C=O) groups excluding carboxylic acids is 2. The summed E-state index contributed by atoms with van der Waals surface area (Å²) >= 11 is 0. The minimum absolute atomic E-state index is 0.218. The highest BCUT2D eigenvalue weighted by Gasteiger charge is 2.25. The van der Waals surface area contributed by atoms with Crippen LogP contribution in [0.1, 0.15) is 18.4 Å². The fourth-order valence-corrected chi connectivity index (χ4v) is 2.22. The molecule has 0 unspecified atom stereocenters. The lowest BCUT2D eigenvalue weighted by molar-refractivity contribution is -0.263. The van der Waals surface area contributed by atoms with E-state index < -0.39 is 18.0 Å². The largest absolute Gasteiger partial charge is 0.372 e. The van der Waals surface area contributed by atoms with Gasteiger partial charge in [-0.25, -0.2) is 19.4 Å². The van der Waals surface area contributed by atoms with Gasteiger partial charge in [-0.05, 0) is 37.9 Å². The molecule has 1 heterocycles. The molecule has 114 valence electrons. The van der Waals surface area contributed by atoms with E-state index in [2.05, 4.69) is 15.1 Å². The van der Waals surface area contributed by atoms with Crippen molar-refractivity contribution in [2.45, 2.75) is 25.3 Å². The minimum Gasteiger partial charge on any atom is -0.318 e. The molecule has 0 aromatic heterocycles. The van der Waals surface area contributed by atoms with Gasteiger partial charge in [-0.3, -0.25) is 0 Å². The third-order valence-electron chi connectivity index (χ3n) is 3.48. The van der Waals surface area contributed by atoms with Gasteiger partial charge in [0.05, 0.1) is 5.92 Å². The number of nitrogens with one attached hydrogen (secondary N) is 1. The van der Waals surface area contributed by atoms with Crippen molar-refractivity contribution in [3.63, 3.8) is 0 Å². The van der Waals surface area contributed by atoms with Crippen molar-refractivity contribution >= 4 is 11.9 Å². The maximum absolute atomic E-state index is 11.7. The Bertz CT molecular complexity index is 472. The average molecular weight is 292 g/mol. The van der Waals surface area contributed by atoms with E-state index in [-0.39, 0.29) is 5.92 Å². The molecule has 0 radical (unpaired) electrons. The fourth-order valence-electron chi connectivity index (χ4n) is 2.22. The second-order valence-corrected chi connectivity index (χ2v) is 5.13. The summed E-state index contributed by atoms with van der Waals surface area (Å²) in [5.74, 6) is -1.46. The lowest BCUT2D eigenvalue weighted by Crippen LogP contribution is -2.37. The lowest BCUT2D eigenvalue weighted by Gasteiger charge is -2.20. The molecular weight excluding hydrogens is 272 g/mol. The Morgan fingerprint density at radius 3 is 2.52 bits per heavy atom. The molecule has 6 heteroatoms. The van der Waals surface area contributed by atoms with Crippen molar-refractivity contribution in [2.75, 3.05) is 13.1 Å². The van der Waals surface area contributed by atoms with Crippen LogP contribution in [0.15, 0.2) is 30.3 Å². The number of carbonyl (C=O) groups is 2. The van der Waals surface area contributed by atoms with Crippen molar-refractivity contribution in [2.24, 2.45) is 11.7 Å². The molecule has 1 atom stereocenters. The van der Waals surface area contributed by atoms with Crippen LogP contribution < -0.4 is 11.1 Å². The predicted molar refractivity (Wildman–Crippen MR) is 75.9 cm³/mol. The van der Waals surface area contributed by atoms with Crippen LogP contribution in [0, 0.1) is 5.92 Å². The van der Waals surface area contributed by atoms with Gasteiger partial charge in [-0.1, -0.05) is 30.3 Å². The van der Waals surface area contributed by atoms with Gasteiger partial charge in [0.15, 0.2) is 0 Å². The molecular formula is C15H20N2O4. The Morgan fingerprint density at radius 1 is 1.19 bits per heavy atom. The van der Waals surface area contributed by atoms with E-state index in [1.165, 1.54) is 0 Å². The van der Waals surface area contributed by atoms with Crippen molar-refractivity contribution in [1.82, 2.24) is 5.32 Å². The standard InChI is InChI=1S/C15H20N2O4/c16-13(10-11-4-2-1-3-5-11)15(19)21-20-14(18)12-6-8-17-9-7-12/h1-5,12-13,17H,6-10,16H2/t13-/m0/s1. The Hall–Kier alpha value is -1.92. The summed E-state index contributed by atoms with van der Waals surface area (Å²) in [6.07, 6.45) is 1.71. The first-order valence-electron chi connectivity index (χ1n) is 7.09. The maximum Gasteiger partial charge on any atom is 0.372 e. The third kappa shape index (κ3) is 4.84. The molecule has 3 N–H and O–H groups in total. The van der Waals surface area contributed by atoms with E-state index in [4.69, 9.17) is 5.73 Å². The van der Waals surface area contributed by atoms with E-state index in [1.54, 1.807) is 0 Å².